The average molecular weight is 390 g/mol. The lowest BCUT2D eigenvalue weighted by Gasteiger charge is -2.11. The maximum absolute atomic E-state index is 13.7. The first-order valence-corrected chi connectivity index (χ1v) is 8.42. The molecular formula is C16H18ClF2N3O2S. The number of nitrogens with two attached hydrogens (primary N) is 1. The first kappa shape index (κ1) is 19.7. The molecule has 3 N–H and O–H groups in total. The van der Waals surface area contributed by atoms with E-state index in [1.54, 1.807) is 6.20 Å². The van der Waals surface area contributed by atoms with Crippen LogP contribution in [0.15, 0.2) is 24.4 Å². The molecule has 9 heteroatoms. The third-order valence-electron chi connectivity index (χ3n) is 3.83. The number of hydrogen-bond acceptors (Lipinski definition) is 5. The van der Waals surface area contributed by atoms with Crippen LogP contribution in [0.1, 0.15) is 23.3 Å². The van der Waals surface area contributed by atoms with Gasteiger partial charge in [0, 0.05) is 30.1 Å². The third kappa shape index (κ3) is 4.94. The Morgan fingerprint density at radius 2 is 2.20 bits per heavy atom. The van der Waals surface area contributed by atoms with Gasteiger partial charge in [0.15, 0.2) is 5.13 Å². The van der Waals surface area contributed by atoms with Crippen molar-refractivity contribution in [2.24, 2.45) is 5.73 Å². The quantitative estimate of drug-likeness (QED) is 0.824. The number of halogens is 3. The van der Waals surface area contributed by atoms with Crippen LogP contribution in [0.25, 0.3) is 0 Å². The van der Waals surface area contributed by atoms with Crippen LogP contribution < -0.4 is 11.1 Å². The van der Waals surface area contributed by atoms with Crippen molar-refractivity contribution in [1.29, 1.82) is 0 Å². The predicted molar refractivity (Wildman–Crippen MR) is 94.1 cm³/mol. The van der Waals surface area contributed by atoms with Gasteiger partial charge < -0.3 is 10.5 Å². The Bertz CT molecular complexity index is 744. The maximum Gasteiger partial charge on any atom is 0.255 e. The van der Waals surface area contributed by atoms with Crippen LogP contribution in [0, 0.1) is 11.6 Å². The smallest absolute Gasteiger partial charge is 0.255 e. The lowest BCUT2D eigenvalue weighted by molar-refractivity contribution is -0.126. The summed E-state index contributed by atoms with van der Waals surface area (Å²) >= 11 is 1.25. The van der Waals surface area contributed by atoms with Gasteiger partial charge in [0.05, 0.1) is 6.10 Å². The highest BCUT2D eigenvalue weighted by molar-refractivity contribution is 7.15. The molecule has 0 spiro atoms. The summed E-state index contributed by atoms with van der Waals surface area (Å²) in [5.41, 5.74) is 5.90. The number of hydrogen-bond donors (Lipinski definition) is 2. The number of nitrogens with zero attached hydrogens (tertiary/aromatic N) is 1. The summed E-state index contributed by atoms with van der Waals surface area (Å²) in [4.78, 5) is 17.0. The van der Waals surface area contributed by atoms with E-state index in [1.165, 1.54) is 23.5 Å². The van der Waals surface area contributed by atoms with E-state index in [4.69, 9.17) is 10.5 Å². The molecule has 0 bridgehead atoms. The van der Waals surface area contributed by atoms with E-state index < -0.39 is 17.7 Å². The Morgan fingerprint density at radius 1 is 1.40 bits per heavy atom. The highest BCUT2D eigenvalue weighted by atomic mass is 35.5. The van der Waals surface area contributed by atoms with Crippen LogP contribution in [-0.2, 0) is 16.0 Å². The number of nitrogens with one attached hydrogen (secondary N) is 1. The van der Waals surface area contributed by atoms with E-state index in [1.807, 2.05) is 0 Å². The molecule has 1 fully saturated rings. The number of carbonyl (C=O) groups excluding carboxylic acids is 1. The summed E-state index contributed by atoms with van der Waals surface area (Å²) in [6, 6.07) is 3.47. The van der Waals surface area contributed by atoms with Crippen LogP contribution >= 0.6 is 23.7 Å². The number of amides is 1. The molecule has 136 valence electrons. The monoisotopic (exact) mass is 389 g/mol. The number of ether oxygens (including phenoxy) is 1. The van der Waals surface area contributed by atoms with E-state index in [9.17, 15) is 13.6 Å². The zero-order chi connectivity index (χ0) is 17.1. The Kier molecular flexibility index (Phi) is 6.83. The minimum atomic E-state index is -0.610. The fraction of sp³-hybridized carbons (Fsp3) is 0.375. The van der Waals surface area contributed by atoms with Gasteiger partial charge in [-0.05, 0) is 24.5 Å². The SMILES string of the molecule is Cl.NC[C@H]1CC[C@@H](C(=O)Nc2ncc(Cc3ccc(F)cc3F)s2)O1. The standard InChI is InChI=1S/C16H17F2N3O2S.ClH/c17-10-2-1-9(13(18)6-10)5-12-8-20-16(24-12)21-15(22)14-4-3-11(7-19)23-14;/h1-2,6,8,11,14H,3-5,7,19H2,(H,20,21,22);1H/t11-,14+;/m1./s1. The number of rotatable bonds is 5. The van der Waals surface area contributed by atoms with Crippen molar-refractivity contribution >= 4 is 34.8 Å². The fourth-order valence-corrected chi connectivity index (χ4v) is 3.40. The fourth-order valence-electron chi connectivity index (χ4n) is 2.56. The number of benzene rings is 1. The normalized spacial score (nSPS) is 19.5. The van der Waals surface area contributed by atoms with Gasteiger partial charge in [0.2, 0.25) is 0 Å². The topological polar surface area (TPSA) is 77.2 Å². The summed E-state index contributed by atoms with van der Waals surface area (Å²) in [7, 11) is 0. The molecular weight excluding hydrogens is 372 g/mol. The summed E-state index contributed by atoms with van der Waals surface area (Å²) in [5.74, 6) is -1.46. The van der Waals surface area contributed by atoms with Crippen LogP contribution in [0.4, 0.5) is 13.9 Å². The van der Waals surface area contributed by atoms with Gasteiger partial charge in [0.1, 0.15) is 17.7 Å². The molecule has 3 rings (SSSR count). The van der Waals surface area contributed by atoms with Gasteiger partial charge in [-0.1, -0.05) is 6.07 Å². The lowest BCUT2D eigenvalue weighted by Crippen LogP contribution is -2.29. The van der Waals surface area contributed by atoms with Crippen molar-refractivity contribution in [2.75, 3.05) is 11.9 Å². The van der Waals surface area contributed by atoms with Crippen molar-refractivity contribution in [3.8, 4) is 0 Å². The predicted octanol–water partition coefficient (Wildman–Crippen LogP) is 2.88. The van der Waals surface area contributed by atoms with Gasteiger partial charge in [-0.2, -0.15) is 0 Å². The largest absolute Gasteiger partial charge is 0.364 e. The van der Waals surface area contributed by atoms with E-state index in [0.29, 0.717) is 23.7 Å². The number of anilines is 1. The van der Waals surface area contributed by atoms with Crippen molar-refractivity contribution in [3.63, 3.8) is 0 Å². The molecule has 2 heterocycles. The summed E-state index contributed by atoms with van der Waals surface area (Å²) in [6.45, 7) is 0.397. The van der Waals surface area contributed by atoms with Crippen molar-refractivity contribution in [1.82, 2.24) is 4.98 Å². The zero-order valence-electron chi connectivity index (χ0n) is 13.2. The molecule has 1 saturated heterocycles. The highest BCUT2D eigenvalue weighted by Crippen LogP contribution is 2.25. The van der Waals surface area contributed by atoms with Crippen molar-refractivity contribution in [2.45, 2.75) is 31.5 Å². The number of carbonyl (C=O) groups is 1. The van der Waals surface area contributed by atoms with Crippen LogP contribution in [0.5, 0.6) is 0 Å². The first-order valence-electron chi connectivity index (χ1n) is 7.60. The molecule has 0 unspecified atom stereocenters. The van der Waals surface area contributed by atoms with Crippen molar-refractivity contribution in [3.05, 3.63) is 46.5 Å². The van der Waals surface area contributed by atoms with E-state index >= 15 is 0 Å². The molecule has 2 aromatic rings. The Morgan fingerprint density at radius 3 is 2.88 bits per heavy atom. The van der Waals surface area contributed by atoms with E-state index in [-0.39, 0.29) is 30.8 Å². The molecule has 0 saturated carbocycles. The molecule has 5 nitrogen and oxygen atoms in total. The van der Waals surface area contributed by atoms with Crippen LogP contribution in [0.3, 0.4) is 0 Å². The van der Waals surface area contributed by atoms with Gasteiger partial charge >= 0.3 is 0 Å². The second-order valence-electron chi connectivity index (χ2n) is 5.59. The molecule has 0 aliphatic carbocycles. The third-order valence-corrected chi connectivity index (χ3v) is 4.74. The van der Waals surface area contributed by atoms with Gasteiger partial charge in [-0.3, -0.25) is 10.1 Å². The lowest BCUT2D eigenvalue weighted by atomic mass is 10.1. The molecule has 2 atom stereocenters. The Labute approximate surface area is 154 Å². The molecule has 1 aliphatic rings. The number of aromatic nitrogens is 1. The Hall–Kier alpha value is -1.61. The van der Waals surface area contributed by atoms with Gasteiger partial charge in [-0.15, -0.1) is 23.7 Å². The molecule has 0 radical (unpaired) electrons. The van der Waals surface area contributed by atoms with E-state index in [2.05, 4.69) is 10.3 Å². The van der Waals surface area contributed by atoms with Gasteiger partial charge in [-0.25, -0.2) is 13.8 Å². The first-order chi connectivity index (χ1) is 11.5. The molecule has 1 aromatic carbocycles. The van der Waals surface area contributed by atoms with E-state index in [0.717, 1.165) is 17.4 Å². The second-order valence-corrected chi connectivity index (χ2v) is 6.71. The summed E-state index contributed by atoms with van der Waals surface area (Å²) < 4.78 is 32.1. The second kappa shape index (κ2) is 8.66. The minimum absolute atomic E-state index is 0. The summed E-state index contributed by atoms with van der Waals surface area (Å²) in [5, 5.41) is 3.14. The van der Waals surface area contributed by atoms with Gasteiger partial charge in [0.25, 0.3) is 5.91 Å². The minimum Gasteiger partial charge on any atom is -0.364 e. The van der Waals surface area contributed by atoms with Crippen LogP contribution in [0.2, 0.25) is 0 Å². The zero-order valence-corrected chi connectivity index (χ0v) is 14.8. The molecule has 25 heavy (non-hydrogen) atoms. The summed E-state index contributed by atoms with van der Waals surface area (Å²) in [6.07, 6.45) is 2.67. The van der Waals surface area contributed by atoms with Crippen LogP contribution in [-0.4, -0.2) is 29.6 Å². The Balaban J connectivity index is 0.00000225. The number of thiazole rings is 1. The molecule has 1 aromatic heterocycles. The molecule has 1 aliphatic heterocycles. The maximum atomic E-state index is 13.7. The average Bonchev–Trinajstić information content (AvgIpc) is 3.19. The van der Waals surface area contributed by atoms with Crippen molar-refractivity contribution < 1.29 is 18.3 Å². The highest BCUT2D eigenvalue weighted by Gasteiger charge is 2.30. The molecule has 1 amide bonds.